The van der Waals surface area contributed by atoms with Gasteiger partial charge in [-0.1, -0.05) is 30.9 Å². The van der Waals surface area contributed by atoms with E-state index in [9.17, 15) is 0 Å². The third-order valence-corrected chi connectivity index (χ3v) is 3.64. The molecule has 90 valence electrons. The molecular weight excluding hydrogens is 236 g/mol. The third kappa shape index (κ3) is 2.50. The Bertz CT molecular complexity index is 435. The summed E-state index contributed by atoms with van der Waals surface area (Å²) in [7, 11) is 1.98. The first-order valence-corrected chi connectivity index (χ1v) is 6.25. The minimum atomic E-state index is 0.236. The Kier molecular flexibility index (Phi) is 3.80. The molecule has 0 N–H and O–H groups in total. The lowest BCUT2D eigenvalue weighted by Crippen LogP contribution is -2.34. The van der Waals surface area contributed by atoms with Crippen molar-refractivity contribution in [2.24, 2.45) is 0 Å². The van der Waals surface area contributed by atoms with Gasteiger partial charge < -0.3 is 4.90 Å². The van der Waals surface area contributed by atoms with Crippen molar-refractivity contribution < 1.29 is 0 Å². The van der Waals surface area contributed by atoms with E-state index in [4.69, 9.17) is 16.9 Å². The number of hydrogen-bond acceptors (Lipinski definition) is 4. The van der Waals surface area contributed by atoms with Gasteiger partial charge in [0, 0.05) is 13.1 Å². The van der Waals surface area contributed by atoms with Crippen molar-refractivity contribution >= 4 is 17.4 Å². The fraction of sp³-hybridized carbons (Fsp3) is 0.583. The molecule has 0 saturated heterocycles. The minimum absolute atomic E-state index is 0.236. The maximum atomic E-state index is 9.11. The molecule has 0 amide bonds. The molecule has 1 aliphatic carbocycles. The Morgan fingerprint density at radius 2 is 2.06 bits per heavy atom. The van der Waals surface area contributed by atoms with E-state index in [1.165, 1.54) is 25.6 Å². The molecule has 1 aromatic heterocycles. The summed E-state index contributed by atoms with van der Waals surface area (Å²) in [6, 6.07) is 2.55. The molecule has 1 aromatic rings. The summed E-state index contributed by atoms with van der Waals surface area (Å²) < 4.78 is 0. The third-order valence-electron chi connectivity index (χ3n) is 3.35. The molecular formula is C12H15ClN4. The summed E-state index contributed by atoms with van der Waals surface area (Å²) in [5.41, 5.74) is 0.377. The van der Waals surface area contributed by atoms with E-state index in [1.54, 1.807) is 0 Å². The van der Waals surface area contributed by atoms with Crippen LogP contribution in [0.1, 0.15) is 37.7 Å². The summed E-state index contributed by atoms with van der Waals surface area (Å²) in [6.07, 6.45) is 7.52. The monoisotopic (exact) mass is 250 g/mol. The quantitative estimate of drug-likeness (QED) is 0.758. The fourth-order valence-electron chi connectivity index (χ4n) is 2.36. The summed E-state index contributed by atoms with van der Waals surface area (Å²) in [6.45, 7) is 0. The van der Waals surface area contributed by atoms with E-state index in [0.29, 0.717) is 17.4 Å². The number of aromatic nitrogens is 2. The lowest BCUT2D eigenvalue weighted by molar-refractivity contribution is 0.426. The lowest BCUT2D eigenvalue weighted by atomic mass is 9.94. The second kappa shape index (κ2) is 5.33. The summed E-state index contributed by atoms with van der Waals surface area (Å²) in [5, 5.41) is 9.34. The molecule has 2 rings (SSSR count). The van der Waals surface area contributed by atoms with Gasteiger partial charge in [0.15, 0.2) is 11.0 Å². The van der Waals surface area contributed by atoms with Crippen LogP contribution in [0.2, 0.25) is 5.15 Å². The van der Waals surface area contributed by atoms with Crippen molar-refractivity contribution in [3.8, 4) is 6.07 Å². The van der Waals surface area contributed by atoms with Crippen LogP contribution in [0.25, 0.3) is 0 Å². The molecule has 1 saturated carbocycles. The summed E-state index contributed by atoms with van der Waals surface area (Å²) in [5.74, 6) is 0.652. The first-order chi connectivity index (χ1) is 8.24. The molecule has 0 atom stereocenters. The predicted octanol–water partition coefficient (Wildman–Crippen LogP) is 2.77. The van der Waals surface area contributed by atoms with E-state index in [-0.39, 0.29) is 5.15 Å². The average Bonchev–Trinajstić information content (AvgIpc) is 2.38. The van der Waals surface area contributed by atoms with Gasteiger partial charge in [-0.3, -0.25) is 0 Å². The van der Waals surface area contributed by atoms with Crippen LogP contribution >= 0.6 is 11.6 Å². The van der Waals surface area contributed by atoms with Crippen LogP contribution in [-0.4, -0.2) is 23.1 Å². The second-order valence-electron chi connectivity index (χ2n) is 4.38. The van der Waals surface area contributed by atoms with E-state index in [1.807, 2.05) is 7.05 Å². The van der Waals surface area contributed by atoms with Gasteiger partial charge >= 0.3 is 0 Å². The molecule has 1 aliphatic rings. The topological polar surface area (TPSA) is 52.8 Å². The second-order valence-corrected chi connectivity index (χ2v) is 4.74. The molecule has 0 bridgehead atoms. The Labute approximate surface area is 106 Å². The maximum absolute atomic E-state index is 9.11. The van der Waals surface area contributed by atoms with Gasteiger partial charge in [0.1, 0.15) is 18.0 Å². The highest BCUT2D eigenvalue weighted by atomic mass is 35.5. The smallest absolute Gasteiger partial charge is 0.152 e. The highest BCUT2D eigenvalue weighted by Crippen LogP contribution is 2.28. The number of anilines is 1. The van der Waals surface area contributed by atoms with Crippen LogP contribution in [0.3, 0.4) is 0 Å². The first-order valence-electron chi connectivity index (χ1n) is 5.87. The number of nitrogens with zero attached hydrogens (tertiary/aromatic N) is 4. The Morgan fingerprint density at radius 1 is 1.35 bits per heavy atom. The molecule has 0 spiro atoms. The van der Waals surface area contributed by atoms with Crippen molar-refractivity contribution in [3.63, 3.8) is 0 Å². The Hall–Kier alpha value is -1.34. The van der Waals surface area contributed by atoms with Crippen LogP contribution in [-0.2, 0) is 0 Å². The molecule has 4 nitrogen and oxygen atoms in total. The van der Waals surface area contributed by atoms with E-state index in [0.717, 1.165) is 12.8 Å². The zero-order valence-corrected chi connectivity index (χ0v) is 10.6. The van der Waals surface area contributed by atoms with Crippen molar-refractivity contribution in [1.29, 1.82) is 5.26 Å². The molecule has 0 aromatic carbocycles. The highest BCUT2D eigenvalue weighted by Gasteiger charge is 2.22. The minimum Gasteiger partial charge on any atom is -0.355 e. The number of nitriles is 1. The van der Waals surface area contributed by atoms with Crippen molar-refractivity contribution in [1.82, 2.24) is 9.97 Å². The van der Waals surface area contributed by atoms with Crippen LogP contribution in [0.5, 0.6) is 0 Å². The highest BCUT2D eigenvalue weighted by molar-refractivity contribution is 6.30. The van der Waals surface area contributed by atoms with Gasteiger partial charge in [0.2, 0.25) is 0 Å². The zero-order chi connectivity index (χ0) is 12.3. The van der Waals surface area contributed by atoms with Crippen LogP contribution in [0.4, 0.5) is 5.82 Å². The fourth-order valence-corrected chi connectivity index (χ4v) is 2.53. The predicted molar refractivity (Wildman–Crippen MR) is 67.0 cm³/mol. The summed E-state index contributed by atoms with van der Waals surface area (Å²) >= 11 is 5.91. The van der Waals surface area contributed by atoms with Crippen LogP contribution in [0, 0.1) is 11.3 Å². The molecule has 5 heteroatoms. The van der Waals surface area contributed by atoms with E-state index in [2.05, 4.69) is 20.9 Å². The van der Waals surface area contributed by atoms with Gasteiger partial charge in [-0.15, -0.1) is 0 Å². The van der Waals surface area contributed by atoms with Crippen molar-refractivity contribution in [2.75, 3.05) is 11.9 Å². The Morgan fingerprint density at radius 3 is 2.71 bits per heavy atom. The largest absolute Gasteiger partial charge is 0.355 e. The zero-order valence-electron chi connectivity index (χ0n) is 9.86. The number of hydrogen-bond donors (Lipinski definition) is 0. The van der Waals surface area contributed by atoms with E-state index >= 15 is 0 Å². The van der Waals surface area contributed by atoms with Crippen LogP contribution in [0.15, 0.2) is 6.33 Å². The first kappa shape index (κ1) is 12.1. The molecule has 1 fully saturated rings. The van der Waals surface area contributed by atoms with E-state index < -0.39 is 0 Å². The summed E-state index contributed by atoms with van der Waals surface area (Å²) in [4.78, 5) is 10.1. The normalized spacial score (nSPS) is 16.5. The van der Waals surface area contributed by atoms with Crippen LogP contribution < -0.4 is 4.90 Å². The van der Waals surface area contributed by atoms with Gasteiger partial charge in [-0.25, -0.2) is 9.97 Å². The molecule has 0 aliphatic heterocycles. The molecule has 17 heavy (non-hydrogen) atoms. The number of halogens is 1. The lowest BCUT2D eigenvalue weighted by Gasteiger charge is -2.32. The molecule has 0 unspecified atom stereocenters. The standard InChI is InChI=1S/C12H15ClN4/c1-17(9-5-3-2-4-6-9)12-10(7-14)11(13)15-8-16-12/h8-9H,2-6H2,1H3. The molecule has 1 heterocycles. The molecule has 0 radical (unpaired) electrons. The van der Waals surface area contributed by atoms with Gasteiger partial charge in [0.25, 0.3) is 0 Å². The van der Waals surface area contributed by atoms with Gasteiger partial charge in [-0.2, -0.15) is 5.26 Å². The average molecular weight is 251 g/mol. The van der Waals surface area contributed by atoms with Gasteiger partial charge in [0.05, 0.1) is 0 Å². The SMILES string of the molecule is CN(c1ncnc(Cl)c1C#N)C1CCCCC1. The van der Waals surface area contributed by atoms with Crippen molar-refractivity contribution in [3.05, 3.63) is 17.0 Å². The van der Waals surface area contributed by atoms with Crippen molar-refractivity contribution in [2.45, 2.75) is 38.1 Å². The number of rotatable bonds is 2. The van der Waals surface area contributed by atoms with Gasteiger partial charge in [-0.05, 0) is 12.8 Å². The maximum Gasteiger partial charge on any atom is 0.152 e. The Balaban J connectivity index is 2.27.